The highest BCUT2D eigenvalue weighted by Crippen LogP contribution is 2.34. The number of phenolic OH excluding ortho intramolecular Hbond substituents is 1. The van der Waals surface area contributed by atoms with Crippen molar-refractivity contribution in [3.8, 4) is 17.2 Å². The van der Waals surface area contributed by atoms with E-state index in [4.69, 9.17) is 4.74 Å². The number of phenols is 1. The summed E-state index contributed by atoms with van der Waals surface area (Å²) in [4.78, 5) is -0.253. The van der Waals surface area contributed by atoms with Crippen molar-refractivity contribution in [1.82, 2.24) is 0 Å². The van der Waals surface area contributed by atoms with Gasteiger partial charge in [-0.3, -0.25) is 4.55 Å². The summed E-state index contributed by atoms with van der Waals surface area (Å²) in [6, 6.07) is 10.9. The van der Waals surface area contributed by atoms with Crippen LogP contribution in [-0.2, 0) is 16.5 Å². The molecule has 178 valence electrons. The lowest BCUT2D eigenvalue weighted by Gasteiger charge is -2.14. The van der Waals surface area contributed by atoms with Crippen LogP contribution in [0.2, 0.25) is 0 Å². The monoisotopic (exact) mass is 462 g/mol. The molecule has 0 heterocycles. The van der Waals surface area contributed by atoms with Gasteiger partial charge in [-0.05, 0) is 36.6 Å². The van der Waals surface area contributed by atoms with E-state index in [2.05, 4.69) is 6.92 Å². The van der Waals surface area contributed by atoms with Gasteiger partial charge in [0.2, 0.25) is 0 Å². The molecule has 0 bridgehead atoms. The summed E-state index contributed by atoms with van der Waals surface area (Å²) in [5.74, 6) is 0.468. The molecule has 6 heteroatoms. The molecule has 2 rings (SSSR count). The Hall–Kier alpha value is -2.05. The van der Waals surface area contributed by atoms with E-state index < -0.39 is 10.1 Å². The molecule has 0 unspecified atom stereocenters. The predicted molar refractivity (Wildman–Crippen MR) is 129 cm³/mol. The van der Waals surface area contributed by atoms with Gasteiger partial charge in [-0.25, -0.2) is 0 Å². The first-order chi connectivity index (χ1) is 15.4. The van der Waals surface area contributed by atoms with E-state index in [0.29, 0.717) is 12.2 Å². The van der Waals surface area contributed by atoms with Gasteiger partial charge in [-0.15, -0.1) is 0 Å². The first kappa shape index (κ1) is 26.2. The third-order valence-corrected chi connectivity index (χ3v) is 6.55. The Kier molecular flexibility index (Phi) is 11.6. The minimum Gasteiger partial charge on any atom is -0.508 e. The van der Waals surface area contributed by atoms with Crippen molar-refractivity contribution >= 4 is 10.1 Å². The summed E-state index contributed by atoms with van der Waals surface area (Å²) in [5.41, 5.74) is 0.732. The van der Waals surface area contributed by atoms with Gasteiger partial charge >= 0.3 is 0 Å². The highest BCUT2D eigenvalue weighted by molar-refractivity contribution is 7.86. The maximum Gasteiger partial charge on any atom is 0.298 e. The van der Waals surface area contributed by atoms with E-state index in [-0.39, 0.29) is 16.4 Å². The zero-order valence-corrected chi connectivity index (χ0v) is 20.1. The molecular weight excluding hydrogens is 424 g/mol. The topological polar surface area (TPSA) is 83.8 Å². The number of para-hydroxylation sites is 1. The molecule has 0 radical (unpaired) electrons. The lowest BCUT2D eigenvalue weighted by atomic mass is 10.0. The van der Waals surface area contributed by atoms with E-state index in [9.17, 15) is 18.1 Å². The Morgan fingerprint density at radius 3 is 1.91 bits per heavy atom. The van der Waals surface area contributed by atoms with Crippen molar-refractivity contribution in [1.29, 1.82) is 0 Å². The number of rotatable bonds is 16. The van der Waals surface area contributed by atoms with Crippen molar-refractivity contribution < 1.29 is 22.8 Å². The minimum atomic E-state index is -4.43. The lowest BCUT2D eigenvalue weighted by molar-refractivity contribution is 0.436. The van der Waals surface area contributed by atoms with Crippen LogP contribution in [0.4, 0.5) is 0 Å². The highest BCUT2D eigenvalue weighted by atomic mass is 32.2. The zero-order chi connectivity index (χ0) is 23.2. The van der Waals surface area contributed by atoms with Gasteiger partial charge in [0.15, 0.2) is 5.75 Å². The molecule has 0 saturated carbocycles. The normalized spacial score (nSPS) is 11.6. The number of hydrogen-bond acceptors (Lipinski definition) is 4. The molecule has 5 nitrogen and oxygen atoms in total. The summed E-state index contributed by atoms with van der Waals surface area (Å²) >= 11 is 0. The van der Waals surface area contributed by atoms with Gasteiger partial charge < -0.3 is 9.84 Å². The second-order valence-electron chi connectivity index (χ2n) is 8.46. The Labute approximate surface area is 193 Å². The van der Waals surface area contributed by atoms with Crippen molar-refractivity contribution in [3.05, 3.63) is 48.0 Å². The number of unbranched alkanes of at least 4 members (excludes halogenated alkanes) is 11. The average Bonchev–Trinajstić information content (AvgIpc) is 2.74. The third-order valence-electron chi connectivity index (χ3n) is 5.68. The largest absolute Gasteiger partial charge is 0.508 e. The molecule has 0 aliphatic rings. The van der Waals surface area contributed by atoms with Crippen LogP contribution in [0.25, 0.3) is 0 Å². The Balaban J connectivity index is 1.82. The summed E-state index contributed by atoms with van der Waals surface area (Å²) in [7, 11) is -4.43. The van der Waals surface area contributed by atoms with Crippen molar-refractivity contribution in [2.75, 3.05) is 0 Å². The second-order valence-corrected chi connectivity index (χ2v) is 9.85. The molecule has 2 aromatic rings. The van der Waals surface area contributed by atoms with Gasteiger partial charge in [-0.1, -0.05) is 95.8 Å². The van der Waals surface area contributed by atoms with E-state index in [1.165, 1.54) is 76.0 Å². The van der Waals surface area contributed by atoms with Gasteiger partial charge in [0.05, 0.1) is 0 Å². The molecule has 0 aliphatic carbocycles. The van der Waals surface area contributed by atoms with Crippen LogP contribution in [0.5, 0.6) is 17.2 Å². The quantitative estimate of drug-likeness (QED) is 0.197. The number of benzene rings is 2. The predicted octanol–water partition coefficient (Wildman–Crippen LogP) is 7.67. The average molecular weight is 463 g/mol. The molecule has 0 saturated heterocycles. The van der Waals surface area contributed by atoms with E-state index in [1.807, 2.05) is 6.07 Å². The minimum absolute atomic E-state index is 0.0225. The summed E-state index contributed by atoms with van der Waals surface area (Å²) in [5, 5.41) is 9.67. The zero-order valence-electron chi connectivity index (χ0n) is 19.3. The van der Waals surface area contributed by atoms with Gasteiger partial charge in [-0.2, -0.15) is 8.42 Å². The molecule has 0 aliphatic heterocycles. The van der Waals surface area contributed by atoms with E-state index in [0.717, 1.165) is 24.8 Å². The van der Waals surface area contributed by atoms with Gasteiger partial charge in [0.25, 0.3) is 10.1 Å². The third kappa shape index (κ3) is 9.61. The van der Waals surface area contributed by atoms with Crippen LogP contribution in [-0.4, -0.2) is 18.1 Å². The van der Waals surface area contributed by atoms with E-state index in [1.54, 1.807) is 18.2 Å². The number of aromatic hydroxyl groups is 1. The maximum absolute atomic E-state index is 11.9. The molecule has 0 fully saturated rings. The van der Waals surface area contributed by atoms with Crippen LogP contribution < -0.4 is 4.74 Å². The van der Waals surface area contributed by atoms with E-state index >= 15 is 0 Å². The lowest BCUT2D eigenvalue weighted by Crippen LogP contribution is -2.04. The van der Waals surface area contributed by atoms with Crippen molar-refractivity contribution in [2.24, 2.45) is 0 Å². The number of ether oxygens (including phenoxy) is 1. The molecule has 0 aromatic heterocycles. The smallest absolute Gasteiger partial charge is 0.298 e. The van der Waals surface area contributed by atoms with Crippen LogP contribution in [0.1, 0.15) is 89.5 Å². The molecular formula is C26H38O5S. The first-order valence-corrected chi connectivity index (χ1v) is 13.4. The molecule has 0 spiro atoms. The van der Waals surface area contributed by atoms with Crippen LogP contribution >= 0.6 is 0 Å². The standard InChI is InChI=1S/C26H38O5S/c1-2-3-4-5-6-7-8-9-10-11-12-13-16-22-17-14-20-25(32(28,29)30)26(22)31-24-19-15-18-23(27)21-24/h14-15,17-21,27H,2-13,16H2,1H3,(H,28,29,30). The number of aryl methyl sites for hydroxylation is 1. The molecule has 0 amide bonds. The maximum atomic E-state index is 11.9. The fraction of sp³-hybridized carbons (Fsp3) is 0.538. The fourth-order valence-corrected chi connectivity index (χ4v) is 4.56. The number of hydrogen-bond donors (Lipinski definition) is 2. The Morgan fingerprint density at radius 1 is 0.781 bits per heavy atom. The van der Waals surface area contributed by atoms with Crippen LogP contribution in [0, 0.1) is 0 Å². The van der Waals surface area contributed by atoms with Crippen LogP contribution in [0.15, 0.2) is 47.4 Å². The first-order valence-electron chi connectivity index (χ1n) is 12.0. The van der Waals surface area contributed by atoms with Crippen LogP contribution in [0.3, 0.4) is 0 Å². The second kappa shape index (κ2) is 14.2. The Morgan fingerprint density at radius 2 is 1.34 bits per heavy atom. The molecule has 0 atom stereocenters. The molecule has 2 aromatic carbocycles. The van der Waals surface area contributed by atoms with Crippen molar-refractivity contribution in [3.63, 3.8) is 0 Å². The van der Waals surface area contributed by atoms with Gasteiger partial charge in [0.1, 0.15) is 16.4 Å². The molecule has 2 N–H and O–H groups in total. The highest BCUT2D eigenvalue weighted by Gasteiger charge is 2.20. The molecule has 32 heavy (non-hydrogen) atoms. The van der Waals surface area contributed by atoms with Gasteiger partial charge in [0, 0.05) is 6.07 Å². The fourth-order valence-electron chi connectivity index (χ4n) is 3.90. The van der Waals surface area contributed by atoms with Crippen molar-refractivity contribution in [2.45, 2.75) is 95.3 Å². The SMILES string of the molecule is CCCCCCCCCCCCCCc1cccc(S(=O)(=O)O)c1Oc1cccc(O)c1. The Bertz CT molecular complexity index is 908. The summed E-state index contributed by atoms with van der Waals surface area (Å²) < 4.78 is 39.2. The summed E-state index contributed by atoms with van der Waals surface area (Å²) in [6.07, 6.45) is 15.7. The summed E-state index contributed by atoms with van der Waals surface area (Å²) in [6.45, 7) is 2.24.